The van der Waals surface area contributed by atoms with Gasteiger partial charge < -0.3 is 10.5 Å². The number of aryl methyl sites for hydroxylation is 1. The second kappa shape index (κ2) is 5.73. The summed E-state index contributed by atoms with van der Waals surface area (Å²) in [4.78, 5) is 0. The van der Waals surface area contributed by atoms with Crippen LogP contribution in [0.2, 0.25) is 0 Å². The topological polar surface area (TPSA) is 35.2 Å². The highest BCUT2D eigenvalue weighted by Crippen LogP contribution is 2.33. The standard InChI is InChI=1S/C15H13F4NO/c1-9-5-4-7-11(13(9)16)14(20)10-6-2-3-8-12(10)21-15(17,18)19/h2-8,14H,20H2,1H3. The molecule has 1 unspecified atom stereocenters. The minimum Gasteiger partial charge on any atom is -0.405 e. The van der Waals surface area contributed by atoms with Gasteiger partial charge >= 0.3 is 6.36 Å². The van der Waals surface area contributed by atoms with Crippen LogP contribution in [0.5, 0.6) is 5.75 Å². The molecule has 21 heavy (non-hydrogen) atoms. The van der Waals surface area contributed by atoms with E-state index in [0.29, 0.717) is 5.56 Å². The van der Waals surface area contributed by atoms with E-state index in [0.717, 1.165) is 6.07 Å². The van der Waals surface area contributed by atoms with Gasteiger partial charge in [-0.25, -0.2) is 4.39 Å². The Morgan fingerprint density at radius 3 is 2.29 bits per heavy atom. The molecule has 2 aromatic carbocycles. The van der Waals surface area contributed by atoms with E-state index >= 15 is 0 Å². The van der Waals surface area contributed by atoms with Gasteiger partial charge in [0, 0.05) is 11.1 Å². The largest absolute Gasteiger partial charge is 0.573 e. The van der Waals surface area contributed by atoms with E-state index in [1.807, 2.05) is 0 Å². The van der Waals surface area contributed by atoms with Crippen LogP contribution in [0.3, 0.4) is 0 Å². The highest BCUT2D eigenvalue weighted by molar-refractivity contribution is 5.42. The Labute approximate surface area is 119 Å². The van der Waals surface area contributed by atoms with Crippen molar-refractivity contribution in [1.29, 1.82) is 0 Å². The maximum absolute atomic E-state index is 14.1. The Balaban J connectivity index is 2.44. The third-order valence-corrected chi connectivity index (χ3v) is 3.04. The fourth-order valence-corrected chi connectivity index (χ4v) is 2.03. The van der Waals surface area contributed by atoms with Gasteiger partial charge in [-0.1, -0.05) is 36.4 Å². The number of ether oxygens (including phenoxy) is 1. The minimum atomic E-state index is -4.83. The average Bonchev–Trinajstić information content (AvgIpc) is 2.40. The number of nitrogens with two attached hydrogens (primary N) is 1. The summed E-state index contributed by atoms with van der Waals surface area (Å²) in [5.74, 6) is -0.967. The van der Waals surface area contributed by atoms with E-state index in [2.05, 4.69) is 4.74 Å². The smallest absolute Gasteiger partial charge is 0.405 e. The fraction of sp³-hybridized carbons (Fsp3) is 0.200. The molecule has 2 N–H and O–H groups in total. The minimum absolute atomic E-state index is 0.0688. The van der Waals surface area contributed by atoms with Crippen LogP contribution in [0, 0.1) is 12.7 Å². The van der Waals surface area contributed by atoms with Gasteiger partial charge in [0.2, 0.25) is 0 Å². The van der Waals surface area contributed by atoms with Crippen molar-refractivity contribution in [2.75, 3.05) is 0 Å². The maximum atomic E-state index is 14.1. The Hall–Kier alpha value is -2.08. The van der Waals surface area contributed by atoms with Crippen molar-refractivity contribution < 1.29 is 22.3 Å². The molecule has 2 rings (SSSR count). The first-order chi connectivity index (χ1) is 9.79. The molecule has 0 spiro atoms. The van der Waals surface area contributed by atoms with E-state index < -0.39 is 24.0 Å². The van der Waals surface area contributed by atoms with Crippen LogP contribution in [0.25, 0.3) is 0 Å². The van der Waals surface area contributed by atoms with E-state index in [9.17, 15) is 17.6 Å². The van der Waals surface area contributed by atoms with Crippen molar-refractivity contribution in [3.8, 4) is 5.75 Å². The molecule has 0 aliphatic heterocycles. The SMILES string of the molecule is Cc1cccc(C(N)c2ccccc2OC(F)(F)F)c1F. The normalized spacial score (nSPS) is 13.0. The van der Waals surface area contributed by atoms with E-state index in [1.165, 1.54) is 24.3 Å². The van der Waals surface area contributed by atoms with Gasteiger partial charge in [0.05, 0.1) is 6.04 Å². The number of halogens is 4. The lowest BCUT2D eigenvalue weighted by molar-refractivity contribution is -0.274. The van der Waals surface area contributed by atoms with Crippen molar-refractivity contribution in [3.05, 3.63) is 65.0 Å². The van der Waals surface area contributed by atoms with Gasteiger partial charge in [-0.3, -0.25) is 0 Å². The van der Waals surface area contributed by atoms with Gasteiger partial charge in [0.25, 0.3) is 0 Å². The molecule has 0 aliphatic carbocycles. The zero-order valence-corrected chi connectivity index (χ0v) is 11.1. The summed E-state index contributed by atoms with van der Waals surface area (Å²) in [6, 6.07) is 8.99. The number of hydrogen-bond acceptors (Lipinski definition) is 2. The van der Waals surface area contributed by atoms with Gasteiger partial charge in [-0.2, -0.15) is 0 Å². The molecule has 0 radical (unpaired) electrons. The van der Waals surface area contributed by atoms with Gasteiger partial charge in [0.15, 0.2) is 0 Å². The Bertz CT molecular complexity index is 640. The predicted molar refractivity (Wildman–Crippen MR) is 70.3 cm³/mol. The summed E-state index contributed by atoms with van der Waals surface area (Å²) < 4.78 is 55.2. The molecule has 2 aromatic rings. The molecule has 112 valence electrons. The monoisotopic (exact) mass is 299 g/mol. The molecular formula is C15H13F4NO. The van der Waals surface area contributed by atoms with Crippen molar-refractivity contribution in [2.45, 2.75) is 19.3 Å². The number of benzene rings is 2. The third kappa shape index (κ3) is 3.52. The molecule has 0 saturated carbocycles. The number of hydrogen-bond donors (Lipinski definition) is 1. The molecule has 0 aromatic heterocycles. The van der Waals surface area contributed by atoms with E-state index in [-0.39, 0.29) is 11.1 Å². The molecular weight excluding hydrogens is 286 g/mol. The summed E-state index contributed by atoms with van der Waals surface area (Å²) in [5.41, 5.74) is 6.48. The first-order valence-electron chi connectivity index (χ1n) is 6.15. The number of alkyl halides is 3. The summed E-state index contributed by atoms with van der Waals surface area (Å²) in [7, 11) is 0. The zero-order valence-electron chi connectivity index (χ0n) is 11.1. The summed E-state index contributed by atoms with van der Waals surface area (Å²) in [6.45, 7) is 1.56. The lowest BCUT2D eigenvalue weighted by atomic mass is 9.97. The average molecular weight is 299 g/mol. The lowest BCUT2D eigenvalue weighted by Crippen LogP contribution is -2.21. The molecule has 6 heteroatoms. The predicted octanol–water partition coefficient (Wildman–Crippen LogP) is 4.08. The van der Waals surface area contributed by atoms with Crippen LogP contribution in [0.15, 0.2) is 42.5 Å². The molecule has 0 saturated heterocycles. The van der Waals surface area contributed by atoms with E-state index in [1.54, 1.807) is 19.1 Å². The molecule has 0 fully saturated rings. The molecule has 0 amide bonds. The van der Waals surface area contributed by atoms with Crippen LogP contribution >= 0.6 is 0 Å². The second-order valence-electron chi connectivity index (χ2n) is 4.54. The Morgan fingerprint density at radius 2 is 1.62 bits per heavy atom. The van der Waals surface area contributed by atoms with Crippen LogP contribution < -0.4 is 10.5 Å². The first kappa shape index (κ1) is 15.3. The number of rotatable bonds is 3. The Morgan fingerprint density at radius 1 is 1.00 bits per heavy atom. The van der Waals surface area contributed by atoms with Crippen molar-refractivity contribution in [2.24, 2.45) is 5.73 Å². The highest BCUT2D eigenvalue weighted by Gasteiger charge is 2.33. The highest BCUT2D eigenvalue weighted by atomic mass is 19.4. The van der Waals surface area contributed by atoms with Crippen LogP contribution in [0.1, 0.15) is 22.7 Å². The maximum Gasteiger partial charge on any atom is 0.573 e. The van der Waals surface area contributed by atoms with Gasteiger partial charge in [-0.05, 0) is 18.6 Å². The lowest BCUT2D eigenvalue weighted by Gasteiger charge is -2.19. The molecule has 0 heterocycles. The molecule has 2 nitrogen and oxygen atoms in total. The van der Waals surface area contributed by atoms with Crippen LogP contribution in [0.4, 0.5) is 17.6 Å². The second-order valence-corrected chi connectivity index (χ2v) is 4.54. The van der Waals surface area contributed by atoms with Crippen LogP contribution in [-0.4, -0.2) is 6.36 Å². The quantitative estimate of drug-likeness (QED) is 0.867. The first-order valence-corrected chi connectivity index (χ1v) is 6.15. The van der Waals surface area contributed by atoms with Crippen molar-refractivity contribution in [1.82, 2.24) is 0 Å². The Kier molecular flexibility index (Phi) is 4.18. The molecule has 0 aliphatic rings. The van der Waals surface area contributed by atoms with Crippen molar-refractivity contribution in [3.63, 3.8) is 0 Å². The van der Waals surface area contributed by atoms with Gasteiger partial charge in [0.1, 0.15) is 11.6 Å². The van der Waals surface area contributed by atoms with Crippen LogP contribution in [-0.2, 0) is 0 Å². The third-order valence-electron chi connectivity index (χ3n) is 3.04. The molecule has 0 bridgehead atoms. The fourth-order valence-electron chi connectivity index (χ4n) is 2.03. The van der Waals surface area contributed by atoms with E-state index in [4.69, 9.17) is 5.73 Å². The summed E-state index contributed by atoms with van der Waals surface area (Å²) in [6.07, 6.45) is -4.83. The van der Waals surface area contributed by atoms with Gasteiger partial charge in [-0.15, -0.1) is 13.2 Å². The van der Waals surface area contributed by atoms with Crippen molar-refractivity contribution >= 4 is 0 Å². The summed E-state index contributed by atoms with van der Waals surface area (Å²) >= 11 is 0. The molecule has 1 atom stereocenters. The summed E-state index contributed by atoms with van der Waals surface area (Å²) in [5, 5.41) is 0. The zero-order chi connectivity index (χ0) is 15.6. The number of para-hydroxylation sites is 1.